The number of hydrogen-bond donors (Lipinski definition) is 0. The minimum Gasteiger partial charge on any atom is -0.369 e. The monoisotopic (exact) mass is 330 g/mol. The number of aromatic nitrogens is 2. The molecule has 4 rings (SSSR count). The Morgan fingerprint density at radius 2 is 1.70 bits per heavy atom. The molecule has 1 aliphatic carbocycles. The average molecular weight is 331 g/mol. The lowest BCUT2D eigenvalue weighted by atomic mass is 10.1. The molecule has 0 spiro atoms. The lowest BCUT2D eigenvalue weighted by Gasteiger charge is -2.39. The summed E-state index contributed by atoms with van der Waals surface area (Å²) in [5.74, 6) is 0. The van der Waals surface area contributed by atoms with Gasteiger partial charge in [0.2, 0.25) is 0 Å². The van der Waals surface area contributed by atoms with Gasteiger partial charge >= 0.3 is 0 Å². The lowest BCUT2D eigenvalue weighted by molar-refractivity contribution is 0.183. The van der Waals surface area contributed by atoms with E-state index in [2.05, 4.69) is 37.9 Å². The van der Waals surface area contributed by atoms with E-state index in [1.165, 1.54) is 24.9 Å². The quantitative estimate of drug-likeness (QED) is 0.861. The topological polar surface area (TPSA) is 24.3 Å². The van der Waals surface area contributed by atoms with Crippen LogP contribution in [0.25, 0.3) is 0 Å². The molecule has 2 atom stereocenters. The van der Waals surface area contributed by atoms with Gasteiger partial charge in [0.15, 0.2) is 0 Å². The van der Waals surface area contributed by atoms with Gasteiger partial charge in [-0.15, -0.1) is 0 Å². The largest absolute Gasteiger partial charge is 0.369 e. The van der Waals surface area contributed by atoms with E-state index < -0.39 is 0 Å². The SMILES string of the molecule is Clc1ccc(N2CCN([C@H]3CC[C@@H](n4cccn4)C3)CC2)cc1. The Morgan fingerprint density at radius 3 is 2.39 bits per heavy atom. The number of anilines is 1. The van der Waals surface area contributed by atoms with Crippen molar-refractivity contribution in [3.05, 3.63) is 47.7 Å². The highest BCUT2D eigenvalue weighted by atomic mass is 35.5. The Kier molecular flexibility index (Phi) is 4.27. The highest BCUT2D eigenvalue weighted by molar-refractivity contribution is 6.30. The van der Waals surface area contributed by atoms with Crippen LogP contribution in [0.3, 0.4) is 0 Å². The number of benzene rings is 1. The Balaban J connectivity index is 1.32. The normalized spacial score (nSPS) is 25.9. The Hall–Kier alpha value is -1.52. The van der Waals surface area contributed by atoms with Gasteiger partial charge in [-0.25, -0.2) is 0 Å². The lowest BCUT2D eigenvalue weighted by Crippen LogP contribution is -2.49. The minimum atomic E-state index is 0.587. The first-order valence-corrected chi connectivity index (χ1v) is 8.91. The zero-order valence-electron chi connectivity index (χ0n) is 13.3. The maximum Gasteiger partial charge on any atom is 0.0534 e. The fourth-order valence-corrected chi connectivity index (χ4v) is 4.13. The maximum atomic E-state index is 5.98. The predicted octanol–water partition coefficient (Wildman–Crippen LogP) is 3.45. The number of hydrogen-bond acceptors (Lipinski definition) is 3. The molecule has 1 saturated carbocycles. The Morgan fingerprint density at radius 1 is 0.957 bits per heavy atom. The van der Waals surface area contributed by atoms with Crippen molar-refractivity contribution in [1.29, 1.82) is 0 Å². The van der Waals surface area contributed by atoms with Crippen LogP contribution in [-0.4, -0.2) is 46.9 Å². The fourth-order valence-electron chi connectivity index (χ4n) is 4.00. The third-order valence-electron chi connectivity index (χ3n) is 5.30. The van der Waals surface area contributed by atoms with Crippen molar-refractivity contribution in [3.63, 3.8) is 0 Å². The van der Waals surface area contributed by atoms with E-state index in [4.69, 9.17) is 11.6 Å². The van der Waals surface area contributed by atoms with Gasteiger partial charge in [0, 0.05) is 55.3 Å². The summed E-state index contributed by atoms with van der Waals surface area (Å²) in [6, 6.07) is 11.5. The van der Waals surface area contributed by atoms with Crippen LogP contribution in [0, 0.1) is 0 Å². The smallest absolute Gasteiger partial charge is 0.0534 e. The predicted molar refractivity (Wildman–Crippen MR) is 94.1 cm³/mol. The number of rotatable bonds is 3. The number of nitrogens with zero attached hydrogens (tertiary/aromatic N) is 4. The Bertz CT molecular complexity index is 617. The van der Waals surface area contributed by atoms with Crippen molar-refractivity contribution < 1.29 is 0 Å². The second-order valence-corrected chi connectivity index (χ2v) is 7.04. The van der Waals surface area contributed by atoms with E-state index in [9.17, 15) is 0 Å². The van der Waals surface area contributed by atoms with Gasteiger partial charge in [-0.05, 0) is 49.6 Å². The molecule has 1 aliphatic heterocycles. The summed E-state index contributed by atoms with van der Waals surface area (Å²) in [4.78, 5) is 5.14. The molecule has 0 N–H and O–H groups in total. The molecule has 0 amide bonds. The van der Waals surface area contributed by atoms with Crippen LogP contribution in [0.1, 0.15) is 25.3 Å². The third-order valence-corrected chi connectivity index (χ3v) is 5.55. The molecule has 23 heavy (non-hydrogen) atoms. The van der Waals surface area contributed by atoms with E-state index >= 15 is 0 Å². The van der Waals surface area contributed by atoms with E-state index in [0.717, 1.165) is 37.2 Å². The van der Waals surface area contributed by atoms with Crippen LogP contribution < -0.4 is 4.90 Å². The molecule has 0 bridgehead atoms. The molecule has 2 aromatic rings. The van der Waals surface area contributed by atoms with Gasteiger partial charge in [0.1, 0.15) is 0 Å². The summed E-state index contributed by atoms with van der Waals surface area (Å²) in [6.07, 6.45) is 7.78. The summed E-state index contributed by atoms with van der Waals surface area (Å²) in [5, 5.41) is 5.22. The van der Waals surface area contributed by atoms with Crippen LogP contribution in [0.5, 0.6) is 0 Å². The summed E-state index contributed by atoms with van der Waals surface area (Å²) in [7, 11) is 0. The van der Waals surface area contributed by atoms with Crippen molar-refractivity contribution in [2.45, 2.75) is 31.3 Å². The van der Waals surface area contributed by atoms with E-state index in [0.29, 0.717) is 6.04 Å². The van der Waals surface area contributed by atoms with Gasteiger partial charge in [-0.3, -0.25) is 9.58 Å². The van der Waals surface area contributed by atoms with Crippen molar-refractivity contribution in [3.8, 4) is 0 Å². The fraction of sp³-hybridized carbons (Fsp3) is 0.500. The molecule has 2 aliphatic rings. The Labute approximate surface area is 142 Å². The second kappa shape index (κ2) is 6.54. The molecule has 122 valence electrons. The molecule has 2 heterocycles. The molecule has 1 aromatic heterocycles. The van der Waals surface area contributed by atoms with Gasteiger partial charge in [-0.2, -0.15) is 5.10 Å². The summed E-state index contributed by atoms with van der Waals surface area (Å²) in [6.45, 7) is 4.51. The molecule has 2 fully saturated rings. The van der Waals surface area contributed by atoms with E-state index in [1.54, 1.807) is 0 Å². The molecule has 5 heteroatoms. The first-order chi connectivity index (χ1) is 11.3. The maximum absolute atomic E-state index is 5.98. The molecule has 4 nitrogen and oxygen atoms in total. The van der Waals surface area contributed by atoms with Crippen molar-refractivity contribution in [1.82, 2.24) is 14.7 Å². The molecule has 0 radical (unpaired) electrons. The van der Waals surface area contributed by atoms with Gasteiger partial charge in [0.05, 0.1) is 6.04 Å². The van der Waals surface area contributed by atoms with Crippen molar-refractivity contribution in [2.75, 3.05) is 31.1 Å². The zero-order valence-corrected chi connectivity index (χ0v) is 14.1. The molecule has 1 aromatic carbocycles. The van der Waals surface area contributed by atoms with Gasteiger partial charge in [0.25, 0.3) is 0 Å². The molecule has 0 unspecified atom stereocenters. The summed E-state index contributed by atoms with van der Waals surface area (Å²) < 4.78 is 2.14. The highest BCUT2D eigenvalue weighted by Gasteiger charge is 2.32. The standard InChI is InChI=1S/C18H23ClN4/c19-15-2-4-16(5-3-15)21-10-12-22(13-11-21)17-6-7-18(14-17)23-9-1-8-20-23/h1-5,8-9,17-18H,6-7,10-14H2/t17-,18+/m0/s1. The highest BCUT2D eigenvalue weighted by Crippen LogP contribution is 2.33. The van der Waals surface area contributed by atoms with Crippen LogP contribution >= 0.6 is 11.6 Å². The average Bonchev–Trinajstić information content (AvgIpc) is 3.27. The molecule has 1 saturated heterocycles. The minimum absolute atomic E-state index is 0.587. The van der Waals surface area contributed by atoms with Gasteiger partial charge < -0.3 is 4.90 Å². The third kappa shape index (κ3) is 3.24. The summed E-state index contributed by atoms with van der Waals surface area (Å²) >= 11 is 5.98. The van der Waals surface area contributed by atoms with E-state index in [1.807, 2.05) is 24.4 Å². The van der Waals surface area contributed by atoms with Crippen LogP contribution in [0.4, 0.5) is 5.69 Å². The first-order valence-electron chi connectivity index (χ1n) is 8.53. The van der Waals surface area contributed by atoms with Gasteiger partial charge in [-0.1, -0.05) is 11.6 Å². The zero-order chi connectivity index (χ0) is 15.6. The van der Waals surface area contributed by atoms with Crippen molar-refractivity contribution in [2.24, 2.45) is 0 Å². The van der Waals surface area contributed by atoms with Crippen LogP contribution in [0.15, 0.2) is 42.7 Å². The van der Waals surface area contributed by atoms with Crippen molar-refractivity contribution >= 4 is 17.3 Å². The van der Waals surface area contributed by atoms with Crippen LogP contribution in [-0.2, 0) is 0 Å². The van der Waals surface area contributed by atoms with Crippen LogP contribution in [0.2, 0.25) is 5.02 Å². The molecular formula is C18H23ClN4. The first kappa shape index (κ1) is 15.0. The molecular weight excluding hydrogens is 308 g/mol. The number of piperazine rings is 1. The number of halogens is 1. The van der Waals surface area contributed by atoms with E-state index in [-0.39, 0.29) is 0 Å². The summed E-state index contributed by atoms with van der Waals surface area (Å²) in [5.41, 5.74) is 1.29. The second-order valence-electron chi connectivity index (χ2n) is 6.61.